The Morgan fingerprint density at radius 2 is 1.89 bits per heavy atom. The molecule has 1 fully saturated rings. The number of para-hydroxylation sites is 1. The summed E-state index contributed by atoms with van der Waals surface area (Å²) < 4.78 is 9.76. The molecule has 4 rings (SSSR count). The Balaban J connectivity index is 1.76. The third-order valence-corrected chi connectivity index (χ3v) is 5.41. The van der Waals surface area contributed by atoms with E-state index >= 15 is 0 Å². The van der Waals surface area contributed by atoms with Gasteiger partial charge in [-0.2, -0.15) is 0 Å². The fourth-order valence-corrected chi connectivity index (χ4v) is 3.88. The summed E-state index contributed by atoms with van der Waals surface area (Å²) in [4.78, 5) is 2.20. The van der Waals surface area contributed by atoms with Gasteiger partial charge in [0.25, 0.3) is 0 Å². The van der Waals surface area contributed by atoms with Crippen LogP contribution in [0.15, 0.2) is 54.6 Å². The van der Waals surface area contributed by atoms with E-state index in [1.54, 1.807) is 7.11 Å². The zero-order chi connectivity index (χ0) is 19.5. The maximum atomic E-state index is 9.98. The minimum absolute atomic E-state index is 0.278. The highest BCUT2D eigenvalue weighted by Crippen LogP contribution is 2.25. The number of benzene rings is 2. The van der Waals surface area contributed by atoms with Crippen LogP contribution < -0.4 is 4.74 Å². The van der Waals surface area contributed by atoms with Crippen molar-refractivity contribution in [3.63, 3.8) is 0 Å². The molecule has 7 heteroatoms. The van der Waals surface area contributed by atoms with Crippen molar-refractivity contribution in [2.24, 2.45) is 0 Å². The van der Waals surface area contributed by atoms with Crippen molar-refractivity contribution in [1.82, 2.24) is 19.2 Å². The van der Waals surface area contributed by atoms with Crippen molar-refractivity contribution >= 4 is 12.2 Å². The Bertz CT molecular complexity index is 982. The number of hydrogen-bond donors (Lipinski definition) is 1. The van der Waals surface area contributed by atoms with E-state index in [0.29, 0.717) is 18.0 Å². The lowest BCUT2D eigenvalue weighted by Crippen LogP contribution is -2.39. The van der Waals surface area contributed by atoms with Crippen LogP contribution in [-0.4, -0.2) is 50.7 Å². The van der Waals surface area contributed by atoms with E-state index < -0.39 is 0 Å². The molecule has 28 heavy (non-hydrogen) atoms. The van der Waals surface area contributed by atoms with Crippen molar-refractivity contribution < 1.29 is 9.84 Å². The number of hydrogen-bond acceptors (Lipinski definition) is 5. The number of aliphatic hydroxyl groups is 1. The molecule has 2 heterocycles. The van der Waals surface area contributed by atoms with Crippen molar-refractivity contribution in [2.75, 3.05) is 20.2 Å². The molecule has 0 aliphatic carbocycles. The first-order valence-electron chi connectivity index (χ1n) is 9.46. The molecular weight excluding hydrogens is 372 g/mol. The summed E-state index contributed by atoms with van der Waals surface area (Å²) in [6.45, 7) is 2.16. The van der Waals surface area contributed by atoms with E-state index in [9.17, 15) is 5.11 Å². The van der Waals surface area contributed by atoms with E-state index in [4.69, 9.17) is 22.1 Å². The predicted octanol–water partition coefficient (Wildman–Crippen LogP) is 3.49. The van der Waals surface area contributed by atoms with E-state index in [1.165, 1.54) is 0 Å². The molecule has 1 aliphatic rings. The molecule has 0 unspecified atom stereocenters. The lowest BCUT2D eigenvalue weighted by atomic mass is 10.1. The van der Waals surface area contributed by atoms with Gasteiger partial charge in [0.1, 0.15) is 5.75 Å². The summed E-state index contributed by atoms with van der Waals surface area (Å²) in [6.07, 6.45) is 1.57. The first kappa shape index (κ1) is 18.9. The third kappa shape index (κ3) is 3.87. The zero-order valence-electron chi connectivity index (χ0n) is 15.9. The summed E-state index contributed by atoms with van der Waals surface area (Å²) in [5.41, 5.74) is 1.94. The van der Waals surface area contributed by atoms with Gasteiger partial charge in [0.15, 0.2) is 5.82 Å². The standard InChI is InChI=1S/C21H24N4O2S/c1-27-19-11-9-16(10-12-19)20-22-24(15-23-13-5-8-18(26)14-23)21(28)25(20)17-6-3-2-4-7-17/h2-4,6-7,9-12,18,26H,5,8,13-15H2,1H3/t18-/m1/s1. The highest BCUT2D eigenvalue weighted by atomic mass is 32.1. The number of β-amino-alcohol motifs (C(OH)–C–C–N with tert-alkyl or cyclic N) is 1. The second-order valence-corrected chi connectivity index (χ2v) is 7.38. The van der Waals surface area contributed by atoms with Gasteiger partial charge in [0, 0.05) is 24.3 Å². The summed E-state index contributed by atoms with van der Waals surface area (Å²) in [5, 5.41) is 14.8. The van der Waals surface area contributed by atoms with Crippen molar-refractivity contribution in [3.8, 4) is 22.8 Å². The van der Waals surface area contributed by atoms with Gasteiger partial charge in [-0.1, -0.05) is 18.2 Å². The molecule has 1 N–H and O–H groups in total. The lowest BCUT2D eigenvalue weighted by Gasteiger charge is -2.29. The minimum atomic E-state index is -0.278. The van der Waals surface area contributed by atoms with Crippen LogP contribution in [0.4, 0.5) is 0 Å². The molecule has 0 bridgehead atoms. The summed E-state index contributed by atoms with van der Waals surface area (Å²) >= 11 is 5.79. The average Bonchev–Trinajstić information content (AvgIpc) is 3.05. The highest BCUT2D eigenvalue weighted by molar-refractivity contribution is 7.71. The maximum absolute atomic E-state index is 9.98. The summed E-state index contributed by atoms with van der Waals surface area (Å²) in [5.74, 6) is 1.59. The Kier molecular flexibility index (Phi) is 5.57. The van der Waals surface area contributed by atoms with Gasteiger partial charge in [0.2, 0.25) is 4.77 Å². The van der Waals surface area contributed by atoms with Crippen molar-refractivity contribution in [3.05, 3.63) is 59.4 Å². The van der Waals surface area contributed by atoms with Crippen LogP contribution in [0.1, 0.15) is 12.8 Å². The van der Waals surface area contributed by atoms with Crippen molar-refractivity contribution in [1.29, 1.82) is 0 Å². The fourth-order valence-electron chi connectivity index (χ4n) is 3.59. The van der Waals surface area contributed by atoms with Crippen LogP contribution in [0.3, 0.4) is 0 Å². The van der Waals surface area contributed by atoms with E-state index in [0.717, 1.165) is 42.2 Å². The monoisotopic (exact) mass is 396 g/mol. The minimum Gasteiger partial charge on any atom is -0.497 e. The van der Waals surface area contributed by atoms with Gasteiger partial charge in [-0.3, -0.25) is 9.47 Å². The normalized spacial score (nSPS) is 17.6. The largest absolute Gasteiger partial charge is 0.497 e. The molecule has 1 aromatic heterocycles. The SMILES string of the molecule is COc1ccc(-c2nn(CN3CCC[C@@H](O)C3)c(=S)n2-c2ccccc2)cc1. The van der Waals surface area contributed by atoms with Crippen LogP contribution in [-0.2, 0) is 6.67 Å². The van der Waals surface area contributed by atoms with E-state index in [2.05, 4.69) is 4.90 Å². The number of piperidine rings is 1. The number of methoxy groups -OCH3 is 1. The van der Waals surface area contributed by atoms with Crippen LogP contribution >= 0.6 is 12.2 Å². The molecule has 146 valence electrons. The zero-order valence-corrected chi connectivity index (χ0v) is 16.7. The molecule has 1 aliphatic heterocycles. The Labute approximate surface area is 169 Å². The molecule has 3 aromatic rings. The molecule has 6 nitrogen and oxygen atoms in total. The topological polar surface area (TPSA) is 55.4 Å². The molecule has 0 radical (unpaired) electrons. The number of aliphatic hydroxyl groups excluding tert-OH is 1. The second-order valence-electron chi connectivity index (χ2n) is 7.02. The van der Waals surface area contributed by atoms with Crippen LogP contribution in [0, 0.1) is 4.77 Å². The van der Waals surface area contributed by atoms with Gasteiger partial charge in [0.05, 0.1) is 19.9 Å². The summed E-state index contributed by atoms with van der Waals surface area (Å²) in [7, 11) is 1.66. The predicted molar refractivity (Wildman–Crippen MR) is 111 cm³/mol. The van der Waals surface area contributed by atoms with Gasteiger partial charge in [-0.25, -0.2) is 4.68 Å². The average molecular weight is 397 g/mol. The highest BCUT2D eigenvalue weighted by Gasteiger charge is 2.20. The Morgan fingerprint density at radius 1 is 1.14 bits per heavy atom. The maximum Gasteiger partial charge on any atom is 0.204 e. The van der Waals surface area contributed by atoms with E-state index in [1.807, 2.05) is 63.8 Å². The lowest BCUT2D eigenvalue weighted by molar-refractivity contribution is 0.0513. The fraction of sp³-hybridized carbons (Fsp3) is 0.333. The van der Waals surface area contributed by atoms with Crippen LogP contribution in [0.5, 0.6) is 5.75 Å². The van der Waals surface area contributed by atoms with Gasteiger partial charge in [-0.05, 0) is 61.5 Å². The van der Waals surface area contributed by atoms with Crippen molar-refractivity contribution in [2.45, 2.75) is 25.6 Å². The van der Waals surface area contributed by atoms with Crippen LogP contribution in [0.2, 0.25) is 0 Å². The smallest absolute Gasteiger partial charge is 0.204 e. The second kappa shape index (κ2) is 8.26. The molecule has 1 atom stereocenters. The summed E-state index contributed by atoms with van der Waals surface area (Å²) in [6, 6.07) is 17.9. The number of ether oxygens (including phenoxy) is 1. The molecule has 1 saturated heterocycles. The third-order valence-electron chi connectivity index (χ3n) is 5.02. The number of likely N-dealkylation sites (tertiary alicyclic amines) is 1. The first-order chi connectivity index (χ1) is 13.7. The molecule has 0 spiro atoms. The number of aromatic nitrogens is 3. The van der Waals surface area contributed by atoms with Gasteiger partial charge < -0.3 is 9.84 Å². The molecule has 0 saturated carbocycles. The quantitative estimate of drug-likeness (QED) is 0.669. The van der Waals surface area contributed by atoms with Crippen LogP contribution in [0.25, 0.3) is 17.1 Å². The number of rotatable bonds is 5. The molecule has 0 amide bonds. The first-order valence-corrected chi connectivity index (χ1v) is 9.86. The Hall–Kier alpha value is -2.48. The van der Waals surface area contributed by atoms with E-state index in [-0.39, 0.29) is 6.10 Å². The molecule has 2 aromatic carbocycles. The van der Waals surface area contributed by atoms with Gasteiger partial charge >= 0.3 is 0 Å². The Morgan fingerprint density at radius 3 is 2.57 bits per heavy atom. The van der Waals surface area contributed by atoms with Gasteiger partial charge in [-0.15, -0.1) is 5.10 Å². The molecular formula is C21H24N4O2S. The number of nitrogens with zero attached hydrogens (tertiary/aromatic N) is 4.